The van der Waals surface area contributed by atoms with Crippen molar-refractivity contribution in [2.24, 2.45) is 0 Å². The van der Waals surface area contributed by atoms with Crippen molar-refractivity contribution in [3.8, 4) is 17.1 Å². The van der Waals surface area contributed by atoms with Crippen LogP contribution in [-0.2, 0) is 17.6 Å². The van der Waals surface area contributed by atoms with Gasteiger partial charge in [-0.2, -0.15) is 0 Å². The number of rotatable bonds is 9. The van der Waals surface area contributed by atoms with Crippen molar-refractivity contribution in [2.75, 3.05) is 16.8 Å². The fourth-order valence-electron chi connectivity index (χ4n) is 6.29. The molecule has 0 atom stereocenters. The van der Waals surface area contributed by atoms with Crippen LogP contribution in [0.5, 0.6) is 0 Å². The van der Waals surface area contributed by atoms with Crippen molar-refractivity contribution in [1.82, 2.24) is 24.3 Å². The van der Waals surface area contributed by atoms with Crippen molar-refractivity contribution in [3.05, 3.63) is 114 Å². The number of hydrogen-bond donors (Lipinski definition) is 1. The van der Waals surface area contributed by atoms with Crippen molar-refractivity contribution >= 4 is 73.5 Å². The lowest BCUT2D eigenvalue weighted by Crippen LogP contribution is -2.18. The van der Waals surface area contributed by atoms with E-state index in [2.05, 4.69) is 33.7 Å². The van der Waals surface area contributed by atoms with E-state index >= 15 is 0 Å². The third kappa shape index (κ3) is 6.05. The predicted octanol–water partition coefficient (Wildman–Crippen LogP) is 8.54. The fraction of sp³-hybridized carbons (Fsp3) is 0.162. The third-order valence-corrected chi connectivity index (χ3v) is 11.5. The lowest BCUT2D eigenvalue weighted by Gasteiger charge is -2.14. The van der Waals surface area contributed by atoms with E-state index in [4.69, 9.17) is 4.98 Å². The number of anilines is 1. The van der Waals surface area contributed by atoms with E-state index in [0.717, 1.165) is 56.4 Å². The van der Waals surface area contributed by atoms with Gasteiger partial charge in [0.1, 0.15) is 0 Å². The summed E-state index contributed by atoms with van der Waals surface area (Å²) in [5.41, 5.74) is 6.93. The number of carbonyl (C=O) groups excluding carboxylic acids is 2. The summed E-state index contributed by atoms with van der Waals surface area (Å²) in [4.78, 5) is 31.4. The van der Waals surface area contributed by atoms with Gasteiger partial charge in [-0.15, -0.1) is 21.5 Å². The van der Waals surface area contributed by atoms with Crippen molar-refractivity contribution < 1.29 is 9.59 Å². The summed E-state index contributed by atoms with van der Waals surface area (Å²) in [6.07, 6.45) is 4.26. The zero-order valence-corrected chi connectivity index (χ0v) is 28.3. The first-order chi connectivity index (χ1) is 23.6. The smallest absolute Gasteiger partial charge is 0.241 e. The quantitative estimate of drug-likeness (QED) is 0.152. The van der Waals surface area contributed by atoms with Crippen LogP contribution in [0.15, 0.2) is 113 Å². The van der Waals surface area contributed by atoms with Crippen LogP contribution in [0, 0.1) is 0 Å². The minimum Gasteiger partial charge on any atom is -0.325 e. The van der Waals surface area contributed by atoms with Crippen molar-refractivity contribution in [2.45, 2.75) is 35.2 Å². The summed E-state index contributed by atoms with van der Waals surface area (Å²) in [7, 11) is 0. The highest BCUT2D eigenvalue weighted by Crippen LogP contribution is 2.35. The highest BCUT2D eigenvalue weighted by Gasteiger charge is 2.23. The molecule has 3 aromatic heterocycles. The van der Waals surface area contributed by atoms with Gasteiger partial charge >= 0.3 is 0 Å². The molecule has 0 fully saturated rings. The van der Waals surface area contributed by atoms with Gasteiger partial charge in [-0.25, -0.2) is 4.98 Å². The minimum absolute atomic E-state index is 0.0862. The Morgan fingerprint density at radius 2 is 1.58 bits per heavy atom. The van der Waals surface area contributed by atoms with E-state index < -0.39 is 0 Å². The van der Waals surface area contributed by atoms with Crippen molar-refractivity contribution in [1.29, 1.82) is 0 Å². The number of amides is 1. The Labute approximate surface area is 289 Å². The fourth-order valence-corrected chi connectivity index (χ4v) is 8.99. The molecule has 1 N–H and O–H groups in total. The Morgan fingerprint density at radius 1 is 0.812 bits per heavy atom. The molecule has 1 aliphatic carbocycles. The number of carbonyl (C=O) groups is 2. The van der Waals surface area contributed by atoms with Crippen LogP contribution in [0.25, 0.3) is 38.2 Å². The average Bonchev–Trinajstić information content (AvgIpc) is 3.84. The van der Waals surface area contributed by atoms with Gasteiger partial charge in [0.05, 0.1) is 27.2 Å². The first-order valence-electron chi connectivity index (χ1n) is 15.8. The summed E-state index contributed by atoms with van der Waals surface area (Å²) in [6, 6.07) is 33.8. The van der Waals surface area contributed by atoms with Gasteiger partial charge in [0.15, 0.2) is 15.3 Å². The molecule has 238 valence electrons. The van der Waals surface area contributed by atoms with Gasteiger partial charge in [-0.1, -0.05) is 90.3 Å². The number of thiazole rings is 1. The second-order valence-electron chi connectivity index (χ2n) is 11.5. The number of hydrogen-bond acceptors (Lipinski definition) is 8. The Kier molecular flexibility index (Phi) is 8.56. The molecule has 0 radical (unpaired) electrons. The van der Waals surface area contributed by atoms with E-state index in [-0.39, 0.29) is 17.6 Å². The number of para-hydroxylation sites is 2. The van der Waals surface area contributed by atoms with Crippen LogP contribution in [0.3, 0.4) is 0 Å². The topological polar surface area (TPSA) is 94.7 Å². The Morgan fingerprint density at radius 3 is 2.44 bits per heavy atom. The highest BCUT2D eigenvalue weighted by molar-refractivity contribution is 8.01. The maximum Gasteiger partial charge on any atom is 0.241 e. The van der Waals surface area contributed by atoms with Gasteiger partial charge in [0.2, 0.25) is 11.8 Å². The number of thioether (sulfide) groups is 2. The number of fused-ring (bicyclic) bond motifs is 4. The average molecular weight is 687 g/mol. The molecule has 11 heteroatoms. The summed E-state index contributed by atoms with van der Waals surface area (Å²) in [6.45, 7) is 0. The summed E-state index contributed by atoms with van der Waals surface area (Å²) >= 11 is 4.34. The second kappa shape index (κ2) is 13.4. The molecule has 1 amide bonds. The lowest BCUT2D eigenvalue weighted by atomic mass is 9.96. The molecule has 4 aromatic carbocycles. The molecule has 0 saturated heterocycles. The molecule has 3 heterocycles. The number of nitrogens with zero attached hydrogens (tertiary/aromatic N) is 5. The van der Waals surface area contributed by atoms with Crippen LogP contribution in [-0.4, -0.2) is 47.6 Å². The van der Waals surface area contributed by atoms with E-state index in [1.807, 2.05) is 94.1 Å². The molecule has 48 heavy (non-hydrogen) atoms. The highest BCUT2D eigenvalue weighted by atomic mass is 32.2. The second-order valence-corrected chi connectivity index (χ2v) is 14.7. The van der Waals surface area contributed by atoms with E-state index in [1.54, 1.807) is 0 Å². The first-order valence-corrected chi connectivity index (χ1v) is 18.6. The van der Waals surface area contributed by atoms with Crippen molar-refractivity contribution in [3.63, 3.8) is 0 Å². The molecular formula is C37H30N6O2S3. The standard InChI is InChI=1S/C37H30N6O2S3/c44-33(22-46-36-41-40-35(24-11-3-1-4-12-24)42(36)26-13-5-2-6-14-26)38-25-19-20-29-32(21-25)48-37(39-29)47-23-34(45)43-30-17-9-7-15-27(30)28-16-8-10-18-31(28)43/h1-7,9,11-15,17,19-21H,8,10,16,18,22-23H2,(H,38,44). The Hall–Kier alpha value is -4.71. The molecule has 0 aliphatic heterocycles. The molecule has 0 spiro atoms. The number of aryl methyl sites for hydroxylation is 1. The zero-order chi connectivity index (χ0) is 32.5. The number of aromatic nitrogens is 5. The van der Waals surface area contributed by atoms with Crippen LogP contribution in [0.1, 0.15) is 28.9 Å². The maximum atomic E-state index is 13.6. The molecule has 0 unspecified atom stereocenters. The first kappa shape index (κ1) is 30.6. The molecule has 8 nitrogen and oxygen atoms in total. The minimum atomic E-state index is -0.143. The molecule has 0 saturated carbocycles. The molecule has 0 bridgehead atoms. The van der Waals surface area contributed by atoms with Gasteiger partial charge in [-0.05, 0) is 67.6 Å². The van der Waals surface area contributed by atoms with Gasteiger partial charge < -0.3 is 5.32 Å². The number of nitrogens with one attached hydrogen (secondary N) is 1. The van der Waals surface area contributed by atoms with E-state index in [1.165, 1.54) is 57.9 Å². The molecule has 7 aromatic rings. The van der Waals surface area contributed by atoms with E-state index in [9.17, 15) is 9.59 Å². The largest absolute Gasteiger partial charge is 0.325 e. The van der Waals surface area contributed by atoms with Crippen LogP contribution >= 0.6 is 34.9 Å². The van der Waals surface area contributed by atoms with Gasteiger partial charge in [0.25, 0.3) is 0 Å². The predicted molar refractivity (Wildman–Crippen MR) is 196 cm³/mol. The number of benzene rings is 4. The normalized spacial score (nSPS) is 12.8. The van der Waals surface area contributed by atoms with E-state index in [0.29, 0.717) is 16.6 Å². The maximum absolute atomic E-state index is 13.6. The molecule has 1 aliphatic rings. The lowest BCUT2D eigenvalue weighted by molar-refractivity contribution is -0.113. The SMILES string of the molecule is O=C(CSc1nnc(-c2ccccc2)n1-c1ccccc1)Nc1ccc2nc(SCC(=O)n3c4c(c5ccccc53)CCCC4)sc2c1. The summed E-state index contributed by atoms with van der Waals surface area (Å²) in [5, 5.41) is 13.8. The van der Waals surface area contributed by atoms with Gasteiger partial charge in [0, 0.05) is 28.0 Å². The molecule has 8 rings (SSSR count). The summed E-state index contributed by atoms with van der Waals surface area (Å²) in [5.74, 6) is 1.14. The Balaban J connectivity index is 0.939. The van der Waals surface area contributed by atoms with Crippen LogP contribution < -0.4 is 5.32 Å². The third-order valence-electron chi connectivity index (χ3n) is 8.41. The zero-order valence-electron chi connectivity index (χ0n) is 25.8. The van der Waals surface area contributed by atoms with Crippen LogP contribution in [0.2, 0.25) is 0 Å². The summed E-state index contributed by atoms with van der Waals surface area (Å²) < 4.78 is 5.71. The molecular weight excluding hydrogens is 657 g/mol. The monoisotopic (exact) mass is 686 g/mol. The van der Waals surface area contributed by atoms with Gasteiger partial charge in [-0.3, -0.25) is 18.7 Å². The Bertz CT molecular complexity index is 2280. The van der Waals surface area contributed by atoms with Crippen LogP contribution in [0.4, 0.5) is 5.69 Å².